The summed E-state index contributed by atoms with van der Waals surface area (Å²) in [5.41, 5.74) is 2.46. The summed E-state index contributed by atoms with van der Waals surface area (Å²) in [5, 5.41) is 6.02. The second-order valence-electron chi connectivity index (χ2n) is 5.46. The number of rotatable bonds is 9. The molecule has 1 amide bonds. The van der Waals surface area contributed by atoms with Gasteiger partial charge in [-0.05, 0) is 31.3 Å². The van der Waals surface area contributed by atoms with Gasteiger partial charge in [-0.1, -0.05) is 45.0 Å². The van der Waals surface area contributed by atoms with Crippen molar-refractivity contribution < 1.29 is 4.79 Å². The molecule has 1 aromatic carbocycles. The van der Waals surface area contributed by atoms with Gasteiger partial charge >= 0.3 is 0 Å². The summed E-state index contributed by atoms with van der Waals surface area (Å²) in [6, 6.07) is 8.46. The number of nitrogens with one attached hydrogen (secondary N) is 2. The fourth-order valence-electron chi connectivity index (χ4n) is 2.31. The zero-order valence-corrected chi connectivity index (χ0v) is 16.2. The standard InChI is InChI=1S/C17H29N3O.2ClH/c1-5-20(6-2)13-16-9-7-8-15(10-16)12-19-17(21)14(3)11-18-4;;/h7-10,14,18H,5-6,11-13H2,1-4H3,(H,19,21);2*1H. The summed E-state index contributed by atoms with van der Waals surface area (Å²) >= 11 is 0. The van der Waals surface area contributed by atoms with Crippen LogP contribution in [0.25, 0.3) is 0 Å². The lowest BCUT2D eigenvalue weighted by Crippen LogP contribution is -2.33. The molecule has 6 heteroatoms. The largest absolute Gasteiger partial charge is 0.352 e. The summed E-state index contributed by atoms with van der Waals surface area (Å²) in [7, 11) is 1.86. The third-order valence-corrected chi connectivity index (χ3v) is 3.72. The normalized spacial score (nSPS) is 11.3. The lowest BCUT2D eigenvalue weighted by atomic mass is 10.1. The zero-order chi connectivity index (χ0) is 15.7. The Kier molecular flexibility index (Phi) is 14.5. The molecule has 23 heavy (non-hydrogen) atoms. The molecule has 0 saturated carbocycles. The highest BCUT2D eigenvalue weighted by atomic mass is 35.5. The minimum Gasteiger partial charge on any atom is -0.352 e. The monoisotopic (exact) mass is 363 g/mol. The van der Waals surface area contributed by atoms with Crippen molar-refractivity contribution >= 4 is 30.7 Å². The first-order chi connectivity index (χ1) is 10.1. The Morgan fingerprint density at radius 2 is 1.78 bits per heavy atom. The SMILES string of the molecule is CCN(CC)Cc1cccc(CNC(=O)C(C)CNC)c1.Cl.Cl. The van der Waals surface area contributed by atoms with Gasteiger partial charge in [-0.2, -0.15) is 0 Å². The summed E-state index contributed by atoms with van der Waals surface area (Å²) in [5.74, 6) is 0.0901. The van der Waals surface area contributed by atoms with Gasteiger partial charge in [0.2, 0.25) is 5.91 Å². The van der Waals surface area contributed by atoms with E-state index < -0.39 is 0 Å². The van der Waals surface area contributed by atoms with Gasteiger partial charge in [-0.25, -0.2) is 0 Å². The Morgan fingerprint density at radius 1 is 1.17 bits per heavy atom. The van der Waals surface area contributed by atoms with Crippen LogP contribution in [0.1, 0.15) is 31.9 Å². The number of hydrogen-bond donors (Lipinski definition) is 2. The molecule has 2 N–H and O–H groups in total. The Hall–Kier alpha value is -0.810. The van der Waals surface area contributed by atoms with Crippen LogP contribution in [0.3, 0.4) is 0 Å². The number of carbonyl (C=O) groups excluding carboxylic acids is 1. The summed E-state index contributed by atoms with van der Waals surface area (Å²) in [6.45, 7) is 10.7. The predicted octanol–water partition coefficient (Wildman–Crippen LogP) is 2.84. The van der Waals surface area contributed by atoms with Crippen molar-refractivity contribution in [2.75, 3.05) is 26.7 Å². The molecular formula is C17H31Cl2N3O. The summed E-state index contributed by atoms with van der Waals surface area (Å²) in [6.07, 6.45) is 0. The predicted molar refractivity (Wildman–Crippen MR) is 103 cm³/mol. The van der Waals surface area contributed by atoms with E-state index in [4.69, 9.17) is 0 Å². The first kappa shape index (κ1) is 24.4. The van der Waals surface area contributed by atoms with Gasteiger partial charge in [0, 0.05) is 25.6 Å². The first-order valence-electron chi connectivity index (χ1n) is 7.83. The number of benzene rings is 1. The summed E-state index contributed by atoms with van der Waals surface area (Å²) < 4.78 is 0. The van der Waals surface area contributed by atoms with E-state index in [1.807, 2.05) is 14.0 Å². The number of halogens is 2. The molecule has 134 valence electrons. The van der Waals surface area contributed by atoms with Gasteiger partial charge < -0.3 is 10.6 Å². The van der Waals surface area contributed by atoms with E-state index in [1.54, 1.807) is 0 Å². The van der Waals surface area contributed by atoms with E-state index in [9.17, 15) is 4.79 Å². The van der Waals surface area contributed by atoms with Gasteiger partial charge in [0.15, 0.2) is 0 Å². The van der Waals surface area contributed by atoms with Crippen molar-refractivity contribution in [3.63, 3.8) is 0 Å². The van der Waals surface area contributed by atoms with E-state index in [0.717, 1.165) is 25.2 Å². The highest BCUT2D eigenvalue weighted by Crippen LogP contribution is 2.08. The minimum atomic E-state index is -0.00569. The Bertz CT molecular complexity index is 440. The fourth-order valence-corrected chi connectivity index (χ4v) is 2.31. The van der Waals surface area contributed by atoms with Crippen molar-refractivity contribution in [3.8, 4) is 0 Å². The average Bonchev–Trinajstić information content (AvgIpc) is 2.50. The topological polar surface area (TPSA) is 44.4 Å². The molecule has 0 aromatic heterocycles. The Balaban J connectivity index is 0. The molecule has 0 radical (unpaired) electrons. The molecule has 4 nitrogen and oxygen atoms in total. The highest BCUT2D eigenvalue weighted by molar-refractivity contribution is 5.85. The lowest BCUT2D eigenvalue weighted by molar-refractivity contribution is -0.124. The van der Waals surface area contributed by atoms with E-state index in [2.05, 4.69) is 53.6 Å². The molecule has 1 aromatic rings. The molecular weight excluding hydrogens is 333 g/mol. The maximum atomic E-state index is 11.9. The Labute approximate surface area is 153 Å². The van der Waals surface area contributed by atoms with Crippen LogP contribution in [-0.2, 0) is 17.9 Å². The molecule has 0 fully saturated rings. The van der Waals surface area contributed by atoms with E-state index >= 15 is 0 Å². The summed E-state index contributed by atoms with van der Waals surface area (Å²) in [4.78, 5) is 14.3. The van der Waals surface area contributed by atoms with Crippen LogP contribution in [0.4, 0.5) is 0 Å². The average molecular weight is 364 g/mol. The molecule has 1 unspecified atom stereocenters. The van der Waals surface area contributed by atoms with Crippen LogP contribution in [0.15, 0.2) is 24.3 Å². The zero-order valence-electron chi connectivity index (χ0n) is 14.6. The fraction of sp³-hybridized carbons (Fsp3) is 0.588. The highest BCUT2D eigenvalue weighted by Gasteiger charge is 2.11. The molecule has 0 bridgehead atoms. The third kappa shape index (κ3) is 9.16. The second kappa shape index (κ2) is 13.6. The van der Waals surface area contributed by atoms with Crippen LogP contribution in [-0.4, -0.2) is 37.5 Å². The molecule has 0 aliphatic carbocycles. The van der Waals surface area contributed by atoms with Crippen LogP contribution in [0, 0.1) is 5.92 Å². The second-order valence-corrected chi connectivity index (χ2v) is 5.46. The van der Waals surface area contributed by atoms with E-state index in [-0.39, 0.29) is 36.6 Å². The van der Waals surface area contributed by atoms with Gasteiger partial charge in [0.25, 0.3) is 0 Å². The molecule has 0 heterocycles. The Morgan fingerprint density at radius 3 is 2.35 bits per heavy atom. The molecule has 0 aliphatic rings. The molecule has 0 spiro atoms. The maximum absolute atomic E-state index is 11.9. The number of hydrogen-bond acceptors (Lipinski definition) is 3. The van der Waals surface area contributed by atoms with Crippen LogP contribution >= 0.6 is 24.8 Å². The molecule has 1 atom stereocenters. The van der Waals surface area contributed by atoms with Crippen LogP contribution in [0.2, 0.25) is 0 Å². The molecule has 1 rings (SSSR count). The van der Waals surface area contributed by atoms with Gasteiger partial charge in [-0.15, -0.1) is 24.8 Å². The van der Waals surface area contributed by atoms with E-state index in [0.29, 0.717) is 13.1 Å². The van der Waals surface area contributed by atoms with Gasteiger partial charge in [0.05, 0.1) is 0 Å². The molecule has 0 aliphatic heterocycles. The van der Waals surface area contributed by atoms with E-state index in [1.165, 1.54) is 5.56 Å². The van der Waals surface area contributed by atoms with Crippen molar-refractivity contribution in [1.29, 1.82) is 0 Å². The maximum Gasteiger partial charge on any atom is 0.224 e. The van der Waals surface area contributed by atoms with Crippen molar-refractivity contribution in [1.82, 2.24) is 15.5 Å². The van der Waals surface area contributed by atoms with Crippen molar-refractivity contribution in [2.24, 2.45) is 5.92 Å². The third-order valence-electron chi connectivity index (χ3n) is 3.72. The van der Waals surface area contributed by atoms with Crippen LogP contribution < -0.4 is 10.6 Å². The number of nitrogens with zero attached hydrogens (tertiary/aromatic N) is 1. The smallest absolute Gasteiger partial charge is 0.224 e. The molecule has 0 saturated heterocycles. The first-order valence-corrected chi connectivity index (χ1v) is 7.83. The lowest BCUT2D eigenvalue weighted by Gasteiger charge is -2.18. The van der Waals surface area contributed by atoms with Gasteiger partial charge in [-0.3, -0.25) is 9.69 Å². The van der Waals surface area contributed by atoms with Crippen LogP contribution in [0.5, 0.6) is 0 Å². The number of amides is 1. The van der Waals surface area contributed by atoms with Crippen molar-refractivity contribution in [3.05, 3.63) is 35.4 Å². The van der Waals surface area contributed by atoms with Crippen molar-refractivity contribution in [2.45, 2.75) is 33.9 Å². The minimum absolute atomic E-state index is 0. The van der Waals surface area contributed by atoms with Gasteiger partial charge in [0.1, 0.15) is 0 Å². The number of carbonyl (C=O) groups is 1. The quantitative estimate of drug-likeness (QED) is 0.708.